The van der Waals surface area contributed by atoms with E-state index in [0.717, 1.165) is 5.56 Å². The van der Waals surface area contributed by atoms with Crippen molar-refractivity contribution >= 4 is 5.97 Å². The summed E-state index contributed by atoms with van der Waals surface area (Å²) in [5.74, 6) is 0.171. The third-order valence-electron chi connectivity index (χ3n) is 2.65. The van der Waals surface area contributed by atoms with Crippen LogP contribution >= 0.6 is 0 Å². The molecule has 0 aliphatic carbocycles. The van der Waals surface area contributed by atoms with Crippen LogP contribution in [0, 0.1) is 0 Å². The van der Waals surface area contributed by atoms with Crippen LogP contribution in [-0.2, 0) is 4.74 Å². The average molecular weight is 277 g/mol. The molecule has 0 saturated carbocycles. The molecule has 0 fully saturated rings. The quantitative estimate of drug-likeness (QED) is 0.764. The fourth-order valence-corrected chi connectivity index (χ4v) is 1.73. The van der Waals surface area contributed by atoms with E-state index < -0.39 is 5.97 Å². The van der Waals surface area contributed by atoms with Gasteiger partial charge in [-0.2, -0.15) is 0 Å². The first-order valence-corrected chi connectivity index (χ1v) is 6.03. The number of hydrogen-bond donors (Lipinski definition) is 0. The van der Waals surface area contributed by atoms with Gasteiger partial charge in [0.25, 0.3) is 0 Å². The molecule has 0 aliphatic rings. The van der Waals surface area contributed by atoms with Crippen LogP contribution in [0.25, 0.3) is 11.3 Å². The molecule has 20 heavy (non-hydrogen) atoms. The van der Waals surface area contributed by atoms with Gasteiger partial charge in [0, 0.05) is 5.56 Å². The zero-order chi connectivity index (χ0) is 14.5. The molecule has 0 saturated heterocycles. The van der Waals surface area contributed by atoms with Gasteiger partial charge >= 0.3 is 5.97 Å². The number of benzene rings is 1. The summed E-state index contributed by atoms with van der Waals surface area (Å²) < 4.78 is 10.1. The first-order valence-electron chi connectivity index (χ1n) is 6.03. The lowest BCUT2D eigenvalue weighted by atomic mass is 10.1. The van der Waals surface area contributed by atoms with Crippen molar-refractivity contribution in [1.29, 1.82) is 0 Å². The van der Waals surface area contributed by atoms with E-state index in [1.54, 1.807) is 38.3 Å². The van der Waals surface area contributed by atoms with Crippen LogP contribution in [0.1, 0.15) is 17.4 Å². The normalized spacial score (nSPS) is 10.2. The van der Waals surface area contributed by atoms with Crippen LogP contribution in [0.4, 0.5) is 0 Å². The van der Waals surface area contributed by atoms with E-state index in [4.69, 9.17) is 14.3 Å². The molecule has 0 bridgehead atoms. The number of rotatable bonds is 5. The van der Waals surface area contributed by atoms with E-state index >= 15 is 0 Å². The summed E-state index contributed by atoms with van der Waals surface area (Å²) in [7, 11) is 3.02. The third-order valence-corrected chi connectivity index (χ3v) is 2.65. The molecule has 0 radical (unpaired) electrons. The van der Waals surface area contributed by atoms with Crippen molar-refractivity contribution in [3.63, 3.8) is 0 Å². The van der Waals surface area contributed by atoms with E-state index in [9.17, 15) is 4.79 Å². The van der Waals surface area contributed by atoms with Crippen molar-refractivity contribution < 1.29 is 19.1 Å². The Hall–Kier alpha value is -2.57. The van der Waals surface area contributed by atoms with Gasteiger partial charge in [0.1, 0.15) is 18.6 Å². The molecule has 1 aromatic heterocycles. The maximum atomic E-state index is 11.9. The van der Waals surface area contributed by atoms with Crippen molar-refractivity contribution in [2.45, 2.75) is 6.92 Å². The molecular weight excluding hydrogens is 262 g/mol. The molecule has 0 N–H and O–H groups in total. The molecule has 0 atom stereocenters. The lowest BCUT2D eigenvalue weighted by molar-refractivity contribution is 0.0520. The average Bonchev–Trinajstić information content (AvgIpc) is 2.91. The highest BCUT2D eigenvalue weighted by Crippen LogP contribution is 2.24. The number of carbonyl (C=O) groups excluding carboxylic acids is 1. The third kappa shape index (κ3) is 2.56. The van der Waals surface area contributed by atoms with E-state index in [2.05, 4.69) is 10.3 Å². The van der Waals surface area contributed by atoms with Gasteiger partial charge in [-0.3, -0.25) is 0 Å². The van der Waals surface area contributed by atoms with Gasteiger partial charge in [0.2, 0.25) is 5.69 Å². The second kappa shape index (κ2) is 6.05. The van der Waals surface area contributed by atoms with Crippen molar-refractivity contribution in [3.05, 3.63) is 30.0 Å². The van der Waals surface area contributed by atoms with Gasteiger partial charge in [-0.25, -0.2) is 4.79 Å². The van der Waals surface area contributed by atoms with Crippen LogP contribution in [0.2, 0.25) is 0 Å². The van der Waals surface area contributed by atoms with Gasteiger partial charge in [-0.05, 0) is 36.4 Å². The molecule has 1 heterocycles. The Morgan fingerprint density at radius 1 is 1.25 bits per heavy atom. The summed E-state index contributed by atoms with van der Waals surface area (Å²) in [6, 6.07) is 7.13. The standard InChI is InChI=1S/C13H15N3O4/c1-4-20-13(17)11-12(16(19-3)15-14-11)9-5-7-10(18-2)8-6-9/h5-8H,4H2,1-3H3. The summed E-state index contributed by atoms with van der Waals surface area (Å²) >= 11 is 0. The Morgan fingerprint density at radius 2 is 1.95 bits per heavy atom. The highest BCUT2D eigenvalue weighted by Gasteiger charge is 2.23. The minimum absolute atomic E-state index is 0.110. The second-order valence-electron chi connectivity index (χ2n) is 3.79. The smallest absolute Gasteiger partial charge is 0.361 e. The van der Waals surface area contributed by atoms with E-state index in [1.165, 1.54) is 12.0 Å². The number of ether oxygens (including phenoxy) is 2. The monoisotopic (exact) mass is 277 g/mol. The van der Waals surface area contributed by atoms with Gasteiger partial charge in [-0.1, -0.05) is 4.85 Å². The summed E-state index contributed by atoms with van der Waals surface area (Å²) in [6.07, 6.45) is 0. The Bertz CT molecular complexity index is 592. The Kier molecular flexibility index (Phi) is 4.19. The summed E-state index contributed by atoms with van der Waals surface area (Å²) in [5.41, 5.74) is 1.27. The molecule has 2 aromatic rings. The highest BCUT2D eigenvalue weighted by molar-refractivity contribution is 5.94. The summed E-state index contributed by atoms with van der Waals surface area (Å²) in [5, 5.41) is 7.58. The lowest BCUT2D eigenvalue weighted by Crippen LogP contribution is -2.11. The number of nitrogens with zero attached hydrogens (tertiary/aromatic N) is 3. The zero-order valence-electron chi connectivity index (χ0n) is 11.5. The van der Waals surface area contributed by atoms with Crippen LogP contribution < -0.4 is 9.57 Å². The molecule has 0 amide bonds. The predicted molar refractivity (Wildman–Crippen MR) is 70.5 cm³/mol. The largest absolute Gasteiger partial charge is 0.497 e. The SMILES string of the molecule is CCOC(=O)c1nnn(OC)c1-c1ccc(OC)cc1. The fraction of sp³-hybridized carbons (Fsp3) is 0.308. The first-order chi connectivity index (χ1) is 9.71. The van der Waals surface area contributed by atoms with Crippen LogP contribution in [-0.4, -0.2) is 42.0 Å². The maximum absolute atomic E-state index is 11.9. The number of methoxy groups -OCH3 is 1. The molecule has 0 unspecified atom stereocenters. The number of carbonyl (C=O) groups is 1. The Labute approximate surface area is 116 Å². The molecule has 7 heteroatoms. The minimum atomic E-state index is -0.540. The topological polar surface area (TPSA) is 75.5 Å². The van der Waals surface area contributed by atoms with Crippen LogP contribution in [0.3, 0.4) is 0 Å². The number of esters is 1. The summed E-state index contributed by atoms with van der Waals surface area (Å²) in [4.78, 5) is 18.1. The molecular formula is C13H15N3O4. The highest BCUT2D eigenvalue weighted by atomic mass is 16.7. The zero-order valence-corrected chi connectivity index (χ0v) is 11.5. The fourth-order valence-electron chi connectivity index (χ4n) is 1.73. The Morgan fingerprint density at radius 3 is 2.50 bits per heavy atom. The Balaban J connectivity index is 2.46. The second-order valence-corrected chi connectivity index (χ2v) is 3.79. The summed E-state index contributed by atoms with van der Waals surface area (Å²) in [6.45, 7) is 1.99. The first kappa shape index (κ1) is 13.9. The maximum Gasteiger partial charge on any atom is 0.361 e. The molecule has 0 aliphatic heterocycles. The molecule has 2 rings (SSSR count). The van der Waals surface area contributed by atoms with Gasteiger partial charge in [-0.15, -0.1) is 5.10 Å². The van der Waals surface area contributed by atoms with Crippen LogP contribution in [0.5, 0.6) is 5.75 Å². The molecule has 7 nitrogen and oxygen atoms in total. The van der Waals surface area contributed by atoms with Crippen molar-refractivity contribution in [3.8, 4) is 17.0 Å². The molecule has 0 spiro atoms. The van der Waals surface area contributed by atoms with E-state index in [0.29, 0.717) is 11.4 Å². The van der Waals surface area contributed by atoms with Crippen molar-refractivity contribution in [2.24, 2.45) is 0 Å². The van der Waals surface area contributed by atoms with E-state index in [1.807, 2.05) is 0 Å². The van der Waals surface area contributed by atoms with Gasteiger partial charge < -0.3 is 14.3 Å². The minimum Gasteiger partial charge on any atom is -0.497 e. The van der Waals surface area contributed by atoms with E-state index in [-0.39, 0.29) is 12.3 Å². The number of hydrogen-bond acceptors (Lipinski definition) is 6. The number of aromatic nitrogens is 3. The van der Waals surface area contributed by atoms with Gasteiger partial charge in [0.15, 0.2) is 0 Å². The molecule has 106 valence electrons. The van der Waals surface area contributed by atoms with Crippen molar-refractivity contribution in [2.75, 3.05) is 20.8 Å². The van der Waals surface area contributed by atoms with Crippen LogP contribution in [0.15, 0.2) is 24.3 Å². The lowest BCUT2D eigenvalue weighted by Gasteiger charge is -2.07. The predicted octanol–water partition coefficient (Wildman–Crippen LogP) is 1.19. The van der Waals surface area contributed by atoms with Gasteiger partial charge in [0.05, 0.1) is 13.7 Å². The molecule has 1 aromatic carbocycles. The van der Waals surface area contributed by atoms with Crippen molar-refractivity contribution in [1.82, 2.24) is 15.2 Å².